The fourth-order valence-corrected chi connectivity index (χ4v) is 2.31. The van der Waals surface area contributed by atoms with Crippen molar-refractivity contribution in [3.63, 3.8) is 0 Å². The van der Waals surface area contributed by atoms with Gasteiger partial charge < -0.3 is 19.9 Å². The van der Waals surface area contributed by atoms with Crippen molar-refractivity contribution >= 4 is 0 Å². The Morgan fingerprint density at radius 2 is 2.11 bits per heavy atom. The van der Waals surface area contributed by atoms with Crippen molar-refractivity contribution in [1.29, 1.82) is 0 Å². The monoisotopic (exact) mass is 265 g/mol. The topological polar surface area (TPSA) is 53.7 Å². The van der Waals surface area contributed by atoms with E-state index in [1.54, 1.807) is 7.11 Å². The molecule has 106 valence electrons. The normalized spacial score (nSPS) is 17.5. The molecule has 2 N–H and O–H groups in total. The summed E-state index contributed by atoms with van der Waals surface area (Å²) in [5.74, 6) is 0.935. The predicted molar refractivity (Wildman–Crippen MR) is 74.5 cm³/mol. The average molecular weight is 265 g/mol. The van der Waals surface area contributed by atoms with E-state index in [-0.39, 0.29) is 6.04 Å². The first-order valence-corrected chi connectivity index (χ1v) is 6.89. The lowest BCUT2D eigenvalue weighted by molar-refractivity contribution is 0.0644. The molecule has 0 amide bonds. The molecule has 0 bridgehead atoms. The molecule has 0 fully saturated rings. The molecule has 0 aliphatic heterocycles. The van der Waals surface area contributed by atoms with Crippen LogP contribution >= 0.6 is 0 Å². The van der Waals surface area contributed by atoms with Gasteiger partial charge in [-0.2, -0.15) is 0 Å². The second-order valence-corrected chi connectivity index (χ2v) is 4.81. The third-order valence-electron chi connectivity index (χ3n) is 3.37. The number of nitrogens with two attached hydrogens (primary N) is 1. The van der Waals surface area contributed by atoms with Gasteiger partial charge in [0.2, 0.25) is 0 Å². The second kappa shape index (κ2) is 7.48. The maximum Gasteiger partial charge on any atom is 0.119 e. The molecule has 0 spiro atoms. The van der Waals surface area contributed by atoms with Crippen LogP contribution in [0.1, 0.15) is 30.0 Å². The van der Waals surface area contributed by atoms with Gasteiger partial charge in [0.25, 0.3) is 0 Å². The van der Waals surface area contributed by atoms with E-state index in [0.29, 0.717) is 26.4 Å². The Kier molecular flexibility index (Phi) is 5.63. The molecule has 0 saturated heterocycles. The van der Waals surface area contributed by atoms with Crippen molar-refractivity contribution in [3.8, 4) is 5.75 Å². The van der Waals surface area contributed by atoms with E-state index in [2.05, 4.69) is 12.1 Å². The van der Waals surface area contributed by atoms with E-state index in [9.17, 15) is 0 Å². The smallest absolute Gasteiger partial charge is 0.119 e. The van der Waals surface area contributed by atoms with Crippen molar-refractivity contribution in [2.45, 2.75) is 25.3 Å². The van der Waals surface area contributed by atoms with E-state index in [4.69, 9.17) is 19.9 Å². The Labute approximate surface area is 114 Å². The number of rotatable bonds is 8. The summed E-state index contributed by atoms with van der Waals surface area (Å²) >= 11 is 0. The molecule has 0 radical (unpaired) electrons. The highest BCUT2D eigenvalue weighted by molar-refractivity contribution is 5.40. The number of hydrogen-bond acceptors (Lipinski definition) is 4. The zero-order chi connectivity index (χ0) is 13.5. The number of benzene rings is 1. The molecule has 4 nitrogen and oxygen atoms in total. The van der Waals surface area contributed by atoms with Crippen LogP contribution in [0.4, 0.5) is 0 Å². The first-order chi connectivity index (χ1) is 9.31. The lowest BCUT2D eigenvalue weighted by Crippen LogP contribution is -2.07. The van der Waals surface area contributed by atoms with Gasteiger partial charge in [-0.3, -0.25) is 0 Å². The van der Waals surface area contributed by atoms with Crippen LogP contribution in [0.25, 0.3) is 0 Å². The molecule has 0 saturated carbocycles. The Hall–Kier alpha value is -1.10. The van der Waals surface area contributed by atoms with Gasteiger partial charge in [-0.1, -0.05) is 6.07 Å². The van der Waals surface area contributed by atoms with Crippen LogP contribution in [-0.4, -0.2) is 33.5 Å². The molecule has 1 atom stereocenters. The summed E-state index contributed by atoms with van der Waals surface area (Å²) in [5, 5.41) is 0. The van der Waals surface area contributed by atoms with Gasteiger partial charge in [0.1, 0.15) is 5.75 Å². The van der Waals surface area contributed by atoms with E-state index < -0.39 is 0 Å². The number of ether oxygens (including phenoxy) is 3. The largest absolute Gasteiger partial charge is 0.493 e. The maximum absolute atomic E-state index is 6.01. The maximum atomic E-state index is 6.01. The minimum absolute atomic E-state index is 0.207. The fourth-order valence-electron chi connectivity index (χ4n) is 2.31. The second-order valence-electron chi connectivity index (χ2n) is 4.81. The Morgan fingerprint density at radius 1 is 1.21 bits per heavy atom. The van der Waals surface area contributed by atoms with Gasteiger partial charge in [-0.25, -0.2) is 0 Å². The number of aryl methyl sites for hydroxylation is 1. The van der Waals surface area contributed by atoms with Crippen molar-refractivity contribution in [1.82, 2.24) is 0 Å². The van der Waals surface area contributed by atoms with Crippen molar-refractivity contribution in [2.24, 2.45) is 5.73 Å². The van der Waals surface area contributed by atoms with E-state index in [0.717, 1.165) is 25.0 Å². The lowest BCUT2D eigenvalue weighted by atomic mass is 10.1. The zero-order valence-electron chi connectivity index (χ0n) is 11.6. The molecular weight excluding hydrogens is 242 g/mol. The fraction of sp³-hybridized carbons (Fsp3) is 0.600. The first kappa shape index (κ1) is 14.3. The molecule has 1 aliphatic rings. The molecule has 1 aliphatic carbocycles. The van der Waals surface area contributed by atoms with E-state index in [1.165, 1.54) is 11.1 Å². The van der Waals surface area contributed by atoms with Crippen LogP contribution in [0.15, 0.2) is 18.2 Å². The molecule has 0 heterocycles. The summed E-state index contributed by atoms with van der Waals surface area (Å²) in [6, 6.07) is 6.43. The van der Waals surface area contributed by atoms with Crippen LogP contribution in [0.2, 0.25) is 0 Å². The minimum atomic E-state index is 0.207. The summed E-state index contributed by atoms with van der Waals surface area (Å²) in [6.07, 6.45) is 3.00. The van der Waals surface area contributed by atoms with Crippen LogP contribution in [0.5, 0.6) is 5.75 Å². The Bertz CT molecular complexity index is 395. The van der Waals surface area contributed by atoms with Crippen molar-refractivity contribution in [2.75, 3.05) is 33.5 Å². The predicted octanol–water partition coefficient (Wildman–Crippen LogP) is 2.06. The highest BCUT2D eigenvalue weighted by Crippen LogP contribution is 2.31. The van der Waals surface area contributed by atoms with Crippen LogP contribution in [0.3, 0.4) is 0 Å². The molecule has 19 heavy (non-hydrogen) atoms. The lowest BCUT2D eigenvalue weighted by Gasteiger charge is -2.09. The summed E-state index contributed by atoms with van der Waals surface area (Å²) in [6.45, 7) is 2.68. The van der Waals surface area contributed by atoms with Gasteiger partial charge in [-0.15, -0.1) is 0 Å². The van der Waals surface area contributed by atoms with Gasteiger partial charge >= 0.3 is 0 Å². The quantitative estimate of drug-likeness (QED) is 0.731. The molecule has 1 aromatic carbocycles. The summed E-state index contributed by atoms with van der Waals surface area (Å²) in [7, 11) is 1.67. The minimum Gasteiger partial charge on any atom is -0.493 e. The summed E-state index contributed by atoms with van der Waals surface area (Å²) < 4.78 is 16.0. The van der Waals surface area contributed by atoms with E-state index >= 15 is 0 Å². The molecule has 0 aromatic heterocycles. The molecular formula is C15H23NO3. The molecule has 4 heteroatoms. The van der Waals surface area contributed by atoms with Gasteiger partial charge in [-0.05, 0) is 36.1 Å². The standard InChI is InChI=1S/C15H23NO3/c1-17-9-10-18-7-2-8-19-13-4-5-14-12(11-13)3-6-15(14)16/h4-5,11,15H,2-3,6-10,16H2,1H3/t15-/m1/s1. The highest BCUT2D eigenvalue weighted by Gasteiger charge is 2.18. The van der Waals surface area contributed by atoms with Crippen molar-refractivity contribution < 1.29 is 14.2 Å². The van der Waals surface area contributed by atoms with Crippen molar-refractivity contribution in [3.05, 3.63) is 29.3 Å². The van der Waals surface area contributed by atoms with Crippen LogP contribution < -0.4 is 10.5 Å². The third-order valence-corrected chi connectivity index (χ3v) is 3.37. The Balaban J connectivity index is 1.67. The third kappa shape index (κ3) is 4.20. The van der Waals surface area contributed by atoms with Crippen LogP contribution in [0, 0.1) is 0 Å². The van der Waals surface area contributed by atoms with Gasteiger partial charge in [0, 0.05) is 26.2 Å². The van der Waals surface area contributed by atoms with Gasteiger partial charge in [0.15, 0.2) is 0 Å². The average Bonchev–Trinajstić information content (AvgIpc) is 2.79. The summed E-state index contributed by atoms with van der Waals surface area (Å²) in [5.41, 5.74) is 8.62. The Morgan fingerprint density at radius 3 is 2.95 bits per heavy atom. The number of fused-ring (bicyclic) bond motifs is 1. The SMILES string of the molecule is COCCOCCCOc1ccc2c(c1)CC[C@H]2N. The summed E-state index contributed by atoms with van der Waals surface area (Å²) in [4.78, 5) is 0. The highest BCUT2D eigenvalue weighted by atomic mass is 16.5. The van der Waals surface area contributed by atoms with Crippen LogP contribution in [-0.2, 0) is 15.9 Å². The zero-order valence-corrected chi connectivity index (χ0v) is 11.6. The van der Waals surface area contributed by atoms with Gasteiger partial charge in [0.05, 0.1) is 19.8 Å². The molecule has 0 unspecified atom stereocenters. The molecule has 1 aromatic rings. The number of methoxy groups -OCH3 is 1. The first-order valence-electron chi connectivity index (χ1n) is 6.89. The number of hydrogen-bond donors (Lipinski definition) is 1. The molecule has 2 rings (SSSR count). The van der Waals surface area contributed by atoms with E-state index in [1.807, 2.05) is 6.07 Å².